The first-order chi connectivity index (χ1) is 7.99. The number of thiophene rings is 1. The van der Waals surface area contributed by atoms with Crippen LogP contribution in [0.15, 0.2) is 28.1 Å². The number of rotatable bonds is 2. The molecule has 1 nitrogen and oxygen atoms in total. The molecule has 1 aromatic carbocycles. The first-order valence-corrected chi connectivity index (χ1v) is 8.00. The van der Waals surface area contributed by atoms with Gasteiger partial charge in [0.05, 0.1) is 8.93 Å². The largest absolute Gasteiger partial charge is 0.320 e. The molecule has 1 aromatic heterocycles. The lowest BCUT2D eigenvalue weighted by atomic mass is 9.96. The zero-order valence-corrected chi connectivity index (χ0v) is 14.2. The van der Waals surface area contributed by atoms with E-state index in [1.807, 2.05) is 0 Å². The van der Waals surface area contributed by atoms with Crippen LogP contribution in [0.1, 0.15) is 28.3 Å². The first kappa shape index (κ1) is 13.5. The van der Waals surface area contributed by atoms with E-state index >= 15 is 0 Å². The van der Waals surface area contributed by atoms with E-state index in [0.29, 0.717) is 0 Å². The van der Waals surface area contributed by atoms with Gasteiger partial charge in [-0.3, -0.25) is 0 Å². The Morgan fingerprint density at radius 2 is 1.94 bits per heavy atom. The normalized spacial score (nSPS) is 12.8. The van der Waals surface area contributed by atoms with Gasteiger partial charge in [0.25, 0.3) is 0 Å². The Labute approximate surface area is 128 Å². The van der Waals surface area contributed by atoms with Crippen molar-refractivity contribution in [3.63, 3.8) is 0 Å². The lowest BCUT2D eigenvalue weighted by Gasteiger charge is -2.15. The Hall–Kier alpha value is 0.0900. The predicted octanol–water partition coefficient (Wildman–Crippen LogP) is 4.78. The van der Waals surface area contributed by atoms with Crippen LogP contribution in [0.25, 0.3) is 0 Å². The zero-order valence-electron chi connectivity index (χ0n) is 9.63. The molecule has 2 rings (SSSR count). The van der Waals surface area contributed by atoms with Crippen LogP contribution < -0.4 is 5.73 Å². The van der Waals surface area contributed by atoms with Gasteiger partial charge < -0.3 is 5.73 Å². The van der Waals surface area contributed by atoms with Crippen LogP contribution in [0.3, 0.4) is 0 Å². The van der Waals surface area contributed by atoms with Gasteiger partial charge in [-0.15, -0.1) is 11.3 Å². The van der Waals surface area contributed by atoms with Gasteiger partial charge in [0.2, 0.25) is 0 Å². The molecule has 2 N–H and O–H groups in total. The second-order valence-corrected chi connectivity index (χ2v) is 7.78. The quantitative estimate of drug-likeness (QED) is 0.693. The van der Waals surface area contributed by atoms with E-state index in [2.05, 4.69) is 75.9 Å². The molecule has 0 saturated carbocycles. The lowest BCUT2D eigenvalue weighted by molar-refractivity contribution is 0.863. The van der Waals surface area contributed by atoms with Crippen molar-refractivity contribution in [3.05, 3.63) is 53.2 Å². The monoisotopic (exact) mass is 421 g/mol. The van der Waals surface area contributed by atoms with Crippen molar-refractivity contribution < 1.29 is 0 Å². The molecule has 0 fully saturated rings. The maximum Gasteiger partial charge on any atom is 0.0656 e. The highest BCUT2D eigenvalue weighted by Gasteiger charge is 2.14. The third kappa shape index (κ3) is 2.92. The summed E-state index contributed by atoms with van der Waals surface area (Å²) in [6, 6.07) is 6.45. The topological polar surface area (TPSA) is 26.0 Å². The highest BCUT2D eigenvalue weighted by Crippen LogP contribution is 2.30. The molecule has 0 saturated heterocycles. The fourth-order valence-corrected chi connectivity index (χ4v) is 3.67. The Bertz CT molecular complexity index is 550. The standard InChI is InChI=1S/C13H13BrINS/c1-7-4-11(14)8(2)3-10(7)13(16)9-5-12(15)17-6-9/h3-6,13H,16H2,1-2H3. The smallest absolute Gasteiger partial charge is 0.0656 e. The first-order valence-electron chi connectivity index (χ1n) is 5.25. The van der Waals surface area contributed by atoms with E-state index in [1.165, 1.54) is 25.1 Å². The number of nitrogens with two attached hydrogens (primary N) is 1. The van der Waals surface area contributed by atoms with Gasteiger partial charge in [-0.25, -0.2) is 0 Å². The molecule has 4 heteroatoms. The molecule has 0 aliphatic carbocycles. The highest BCUT2D eigenvalue weighted by atomic mass is 127. The molecule has 0 spiro atoms. The summed E-state index contributed by atoms with van der Waals surface area (Å²) in [6.45, 7) is 4.20. The molecule has 17 heavy (non-hydrogen) atoms. The number of aryl methyl sites for hydroxylation is 2. The molecule has 0 bridgehead atoms. The lowest BCUT2D eigenvalue weighted by Crippen LogP contribution is -2.12. The van der Waals surface area contributed by atoms with Crippen molar-refractivity contribution >= 4 is 49.9 Å². The Morgan fingerprint density at radius 1 is 1.24 bits per heavy atom. The van der Waals surface area contributed by atoms with E-state index in [9.17, 15) is 0 Å². The summed E-state index contributed by atoms with van der Waals surface area (Å²) in [5.74, 6) is 0. The molecule has 1 heterocycles. The molecule has 0 radical (unpaired) electrons. The van der Waals surface area contributed by atoms with E-state index < -0.39 is 0 Å². The van der Waals surface area contributed by atoms with E-state index in [4.69, 9.17) is 5.73 Å². The number of halogens is 2. The molecule has 0 aliphatic rings. The van der Waals surface area contributed by atoms with E-state index in [1.54, 1.807) is 11.3 Å². The maximum absolute atomic E-state index is 6.34. The SMILES string of the molecule is Cc1cc(C(N)c2csc(I)c2)c(C)cc1Br. The summed E-state index contributed by atoms with van der Waals surface area (Å²) in [5.41, 5.74) is 11.2. The minimum Gasteiger partial charge on any atom is -0.320 e. The fourth-order valence-electron chi connectivity index (χ4n) is 1.80. The Kier molecular flexibility index (Phi) is 4.28. The minimum absolute atomic E-state index is 0.0263. The van der Waals surface area contributed by atoms with Crippen LogP contribution in [0.2, 0.25) is 0 Å². The Morgan fingerprint density at radius 3 is 2.53 bits per heavy atom. The second kappa shape index (κ2) is 5.38. The van der Waals surface area contributed by atoms with Gasteiger partial charge in [0.1, 0.15) is 0 Å². The fraction of sp³-hybridized carbons (Fsp3) is 0.231. The average Bonchev–Trinajstić information content (AvgIpc) is 2.69. The van der Waals surface area contributed by atoms with E-state index in [-0.39, 0.29) is 6.04 Å². The average molecular weight is 422 g/mol. The van der Waals surface area contributed by atoms with Gasteiger partial charge in [-0.2, -0.15) is 0 Å². The highest BCUT2D eigenvalue weighted by molar-refractivity contribution is 14.1. The predicted molar refractivity (Wildman–Crippen MR) is 86.7 cm³/mol. The third-order valence-electron chi connectivity index (χ3n) is 2.83. The van der Waals surface area contributed by atoms with Gasteiger partial charge in [0, 0.05) is 4.47 Å². The summed E-state index contributed by atoms with van der Waals surface area (Å²) >= 11 is 7.62. The summed E-state index contributed by atoms with van der Waals surface area (Å²) in [5, 5.41) is 2.14. The van der Waals surface area contributed by atoms with Crippen LogP contribution in [0.4, 0.5) is 0 Å². The van der Waals surface area contributed by atoms with Crippen LogP contribution in [-0.2, 0) is 0 Å². The number of hydrogen-bond acceptors (Lipinski definition) is 2. The van der Waals surface area contributed by atoms with Crippen molar-refractivity contribution in [2.45, 2.75) is 19.9 Å². The second-order valence-electron chi connectivity index (χ2n) is 4.12. The van der Waals surface area contributed by atoms with Crippen LogP contribution in [0, 0.1) is 16.7 Å². The molecule has 0 amide bonds. The molecule has 1 unspecified atom stereocenters. The van der Waals surface area contributed by atoms with Gasteiger partial charge in [-0.1, -0.05) is 22.0 Å². The van der Waals surface area contributed by atoms with Crippen molar-refractivity contribution in [2.24, 2.45) is 5.73 Å². The molecular formula is C13H13BrINS. The summed E-state index contributed by atoms with van der Waals surface area (Å²) in [6.07, 6.45) is 0. The summed E-state index contributed by atoms with van der Waals surface area (Å²) in [4.78, 5) is 0. The molecule has 90 valence electrons. The number of benzene rings is 1. The third-order valence-corrected chi connectivity index (χ3v) is 5.49. The van der Waals surface area contributed by atoms with Crippen molar-refractivity contribution in [3.8, 4) is 0 Å². The van der Waals surface area contributed by atoms with Crippen LogP contribution in [0.5, 0.6) is 0 Å². The van der Waals surface area contributed by atoms with E-state index in [0.717, 1.165) is 4.47 Å². The van der Waals surface area contributed by atoms with Crippen LogP contribution >= 0.6 is 49.9 Å². The van der Waals surface area contributed by atoms with Crippen molar-refractivity contribution in [1.29, 1.82) is 0 Å². The maximum atomic E-state index is 6.34. The van der Waals surface area contributed by atoms with Gasteiger partial charge >= 0.3 is 0 Å². The van der Waals surface area contributed by atoms with Gasteiger partial charge in [-0.05, 0) is 76.2 Å². The zero-order chi connectivity index (χ0) is 12.6. The minimum atomic E-state index is -0.0263. The summed E-state index contributed by atoms with van der Waals surface area (Å²) in [7, 11) is 0. The van der Waals surface area contributed by atoms with Crippen molar-refractivity contribution in [1.82, 2.24) is 0 Å². The van der Waals surface area contributed by atoms with Crippen molar-refractivity contribution in [2.75, 3.05) is 0 Å². The number of hydrogen-bond donors (Lipinski definition) is 1. The Balaban J connectivity index is 2.43. The summed E-state index contributed by atoms with van der Waals surface area (Å²) < 4.78 is 2.42. The molecule has 1 atom stereocenters. The molecule has 0 aliphatic heterocycles. The van der Waals surface area contributed by atoms with Gasteiger partial charge in [0.15, 0.2) is 0 Å². The van der Waals surface area contributed by atoms with Crippen LogP contribution in [-0.4, -0.2) is 0 Å². The molecule has 2 aromatic rings. The molecular weight excluding hydrogens is 409 g/mol.